The van der Waals surface area contributed by atoms with Crippen molar-refractivity contribution in [2.75, 3.05) is 45.9 Å². The number of nitrogens with zero attached hydrogens (tertiary/aromatic N) is 5. The van der Waals surface area contributed by atoms with E-state index in [1.165, 1.54) is 6.07 Å². The van der Waals surface area contributed by atoms with Crippen LogP contribution in [-0.2, 0) is 6.54 Å². The molecule has 1 saturated heterocycles. The summed E-state index contributed by atoms with van der Waals surface area (Å²) < 4.78 is 7.81. The Kier molecular flexibility index (Phi) is 8.20. The van der Waals surface area contributed by atoms with Gasteiger partial charge in [-0.05, 0) is 41.8 Å². The quantitative estimate of drug-likeness (QED) is 0.387. The molecule has 0 atom stereocenters. The van der Waals surface area contributed by atoms with E-state index in [0.29, 0.717) is 29.7 Å². The molecule has 4 rings (SSSR count). The number of aromatic hydroxyl groups is 2. The predicted octanol–water partition coefficient (Wildman–Crippen LogP) is 3.83. The van der Waals surface area contributed by atoms with Crippen LogP contribution < -0.4 is 4.74 Å². The molecule has 0 bridgehead atoms. The smallest absolute Gasteiger partial charge is 0.188 e. The summed E-state index contributed by atoms with van der Waals surface area (Å²) in [6.07, 6.45) is 0. The molecule has 3 aromatic rings. The Morgan fingerprint density at radius 3 is 2.31 bits per heavy atom. The molecule has 2 N–H and O–H groups in total. The van der Waals surface area contributed by atoms with Crippen molar-refractivity contribution < 1.29 is 14.9 Å². The van der Waals surface area contributed by atoms with Gasteiger partial charge in [0.05, 0.1) is 12.1 Å². The summed E-state index contributed by atoms with van der Waals surface area (Å²) in [5.41, 5.74) is 2.28. The number of likely N-dealkylation sites (N-methyl/N-ethyl adjacent to an activating group) is 1. The molecule has 35 heavy (non-hydrogen) atoms. The fourth-order valence-corrected chi connectivity index (χ4v) is 4.58. The molecule has 0 aliphatic carbocycles. The van der Waals surface area contributed by atoms with Crippen LogP contribution in [0.1, 0.15) is 37.8 Å². The van der Waals surface area contributed by atoms with Gasteiger partial charge in [-0.1, -0.05) is 32.9 Å². The van der Waals surface area contributed by atoms with Gasteiger partial charge in [-0.3, -0.25) is 9.47 Å². The lowest BCUT2D eigenvalue weighted by molar-refractivity contribution is 0.121. The topological polar surface area (TPSA) is 86.9 Å². The van der Waals surface area contributed by atoms with Crippen LogP contribution in [0.25, 0.3) is 11.4 Å². The lowest BCUT2D eigenvalue weighted by Crippen LogP contribution is -2.47. The van der Waals surface area contributed by atoms with Crippen LogP contribution in [0.5, 0.6) is 17.2 Å². The Morgan fingerprint density at radius 1 is 0.971 bits per heavy atom. The molecule has 0 spiro atoms. The average Bonchev–Trinajstić information content (AvgIpc) is 3.20. The molecule has 188 valence electrons. The van der Waals surface area contributed by atoms with Crippen LogP contribution in [0.15, 0.2) is 41.6 Å². The fourth-order valence-electron chi connectivity index (χ4n) is 4.37. The standard InChI is InChI=1S/C26H35N5O3S/c1-4-29-9-11-30(12-10-29)13-14-34-20-7-5-19(6-8-20)17-31-25(27-28-26(31)35)22-15-21(18(2)3)23(32)16-24(22)33/h5-8,15-16,18,32-33H,4,9-14,17H2,1-3H3,(H,28,35). The minimum absolute atomic E-state index is 0.0475. The highest BCUT2D eigenvalue weighted by Crippen LogP contribution is 2.37. The number of thiol groups is 1. The summed E-state index contributed by atoms with van der Waals surface area (Å²) >= 11 is 4.47. The number of aromatic nitrogens is 3. The highest BCUT2D eigenvalue weighted by Gasteiger charge is 2.19. The van der Waals surface area contributed by atoms with E-state index in [1.54, 1.807) is 6.07 Å². The first-order valence-electron chi connectivity index (χ1n) is 12.2. The van der Waals surface area contributed by atoms with Crippen LogP contribution in [0.2, 0.25) is 0 Å². The number of hydrogen-bond acceptors (Lipinski definition) is 8. The minimum atomic E-state index is -0.0475. The van der Waals surface area contributed by atoms with Crippen LogP contribution in [0, 0.1) is 0 Å². The molecule has 8 nitrogen and oxygen atoms in total. The molecule has 1 aromatic heterocycles. The van der Waals surface area contributed by atoms with E-state index in [2.05, 4.69) is 39.5 Å². The summed E-state index contributed by atoms with van der Waals surface area (Å²) in [6.45, 7) is 13.8. The third-order valence-corrected chi connectivity index (χ3v) is 6.92. The van der Waals surface area contributed by atoms with E-state index in [9.17, 15) is 10.2 Å². The molecule has 1 aliphatic heterocycles. The van der Waals surface area contributed by atoms with E-state index >= 15 is 0 Å². The zero-order valence-corrected chi connectivity index (χ0v) is 21.6. The first-order valence-corrected chi connectivity index (χ1v) is 12.6. The molecular weight excluding hydrogens is 462 g/mol. The zero-order valence-electron chi connectivity index (χ0n) is 20.7. The van der Waals surface area contributed by atoms with Gasteiger partial charge in [-0.2, -0.15) is 0 Å². The molecule has 2 aromatic carbocycles. The maximum Gasteiger partial charge on any atom is 0.188 e. The van der Waals surface area contributed by atoms with E-state index < -0.39 is 0 Å². The second kappa shape index (κ2) is 11.3. The van der Waals surface area contributed by atoms with Crippen molar-refractivity contribution in [1.29, 1.82) is 0 Å². The van der Waals surface area contributed by atoms with Crippen molar-refractivity contribution in [3.05, 3.63) is 47.5 Å². The highest BCUT2D eigenvalue weighted by atomic mass is 32.1. The van der Waals surface area contributed by atoms with Crippen LogP contribution in [0.3, 0.4) is 0 Å². The number of piperazine rings is 1. The van der Waals surface area contributed by atoms with E-state index in [0.717, 1.165) is 56.1 Å². The van der Waals surface area contributed by atoms with Crippen LogP contribution >= 0.6 is 12.6 Å². The number of phenols is 2. The fraction of sp³-hybridized carbons (Fsp3) is 0.462. The molecule has 0 saturated carbocycles. The van der Waals surface area contributed by atoms with Crippen molar-refractivity contribution in [2.24, 2.45) is 0 Å². The molecule has 1 fully saturated rings. The number of rotatable bonds is 9. The van der Waals surface area contributed by atoms with Gasteiger partial charge in [0.25, 0.3) is 0 Å². The SMILES string of the molecule is CCN1CCN(CCOc2ccc(Cn3c(S)nnc3-c3cc(C(C)C)c(O)cc3O)cc2)CC1. The maximum atomic E-state index is 10.5. The van der Waals surface area contributed by atoms with Gasteiger partial charge in [-0.25, -0.2) is 0 Å². The summed E-state index contributed by atoms with van der Waals surface area (Å²) in [5, 5.41) is 29.5. The van der Waals surface area contributed by atoms with Gasteiger partial charge in [0.15, 0.2) is 11.0 Å². The largest absolute Gasteiger partial charge is 0.508 e. The monoisotopic (exact) mass is 497 g/mol. The maximum absolute atomic E-state index is 10.5. The summed E-state index contributed by atoms with van der Waals surface area (Å²) in [6, 6.07) is 11.1. The number of benzene rings is 2. The predicted molar refractivity (Wildman–Crippen MR) is 140 cm³/mol. The Bertz CT molecular complexity index is 1120. The van der Waals surface area contributed by atoms with Gasteiger partial charge in [-0.15, -0.1) is 22.8 Å². The molecule has 0 unspecified atom stereocenters. The third-order valence-electron chi connectivity index (χ3n) is 6.59. The van der Waals surface area contributed by atoms with Gasteiger partial charge in [0, 0.05) is 38.8 Å². The lowest BCUT2D eigenvalue weighted by atomic mass is 9.98. The summed E-state index contributed by atoms with van der Waals surface area (Å²) in [4.78, 5) is 4.92. The zero-order chi connectivity index (χ0) is 24.9. The molecular formula is C26H35N5O3S. The Morgan fingerprint density at radius 2 is 1.66 bits per heavy atom. The molecule has 2 heterocycles. The van der Waals surface area contributed by atoms with Gasteiger partial charge >= 0.3 is 0 Å². The molecule has 1 aliphatic rings. The number of hydrogen-bond donors (Lipinski definition) is 3. The molecule has 9 heteroatoms. The van der Waals surface area contributed by atoms with Crippen molar-refractivity contribution in [1.82, 2.24) is 24.6 Å². The first kappa shape index (κ1) is 25.3. The van der Waals surface area contributed by atoms with Gasteiger partial charge in [0.2, 0.25) is 0 Å². The minimum Gasteiger partial charge on any atom is -0.508 e. The van der Waals surface area contributed by atoms with Gasteiger partial charge < -0.3 is 19.8 Å². The lowest BCUT2D eigenvalue weighted by Gasteiger charge is -2.33. The Balaban J connectivity index is 1.40. The number of phenolic OH excluding ortho intramolecular Hbond substituents is 2. The van der Waals surface area contributed by atoms with Crippen LogP contribution in [0.4, 0.5) is 0 Å². The van der Waals surface area contributed by atoms with Crippen molar-refractivity contribution in [2.45, 2.75) is 38.4 Å². The molecule has 0 amide bonds. The number of ether oxygens (including phenoxy) is 1. The normalized spacial score (nSPS) is 15.1. The van der Waals surface area contributed by atoms with Crippen LogP contribution in [-0.4, -0.2) is 80.7 Å². The molecule has 0 radical (unpaired) electrons. The van der Waals surface area contributed by atoms with Crippen molar-refractivity contribution >= 4 is 12.6 Å². The Hall–Kier alpha value is -2.75. The second-order valence-corrected chi connectivity index (χ2v) is 9.66. The van der Waals surface area contributed by atoms with E-state index in [-0.39, 0.29) is 17.4 Å². The van der Waals surface area contributed by atoms with E-state index in [4.69, 9.17) is 4.74 Å². The summed E-state index contributed by atoms with van der Waals surface area (Å²) in [5.74, 6) is 1.45. The summed E-state index contributed by atoms with van der Waals surface area (Å²) in [7, 11) is 0. The van der Waals surface area contributed by atoms with Gasteiger partial charge in [0.1, 0.15) is 23.9 Å². The van der Waals surface area contributed by atoms with Crippen molar-refractivity contribution in [3.63, 3.8) is 0 Å². The highest BCUT2D eigenvalue weighted by molar-refractivity contribution is 7.80. The first-order chi connectivity index (χ1) is 16.9. The Labute approximate surface area is 212 Å². The van der Waals surface area contributed by atoms with E-state index in [1.807, 2.05) is 42.7 Å². The third kappa shape index (κ3) is 6.09. The van der Waals surface area contributed by atoms with Crippen molar-refractivity contribution in [3.8, 4) is 28.6 Å². The average molecular weight is 498 g/mol. The second-order valence-electron chi connectivity index (χ2n) is 9.26.